The zero-order chi connectivity index (χ0) is 11.6. The molecule has 0 unspecified atom stereocenters. The van der Waals surface area contributed by atoms with Crippen LogP contribution in [0.15, 0.2) is 12.1 Å². The van der Waals surface area contributed by atoms with Crippen molar-refractivity contribution in [1.82, 2.24) is 0 Å². The van der Waals surface area contributed by atoms with E-state index >= 15 is 0 Å². The molecule has 0 saturated heterocycles. The Bertz CT molecular complexity index is 364. The zero-order valence-corrected chi connectivity index (χ0v) is 9.73. The van der Waals surface area contributed by atoms with Gasteiger partial charge in [0.05, 0.1) is 13.7 Å². The fourth-order valence-electron chi connectivity index (χ4n) is 1.39. The Morgan fingerprint density at radius 2 is 2.07 bits per heavy atom. The van der Waals surface area contributed by atoms with Crippen LogP contribution in [0, 0.1) is 5.82 Å². The van der Waals surface area contributed by atoms with Crippen LogP contribution >= 0.6 is 11.6 Å². The minimum Gasteiger partial charge on any atom is -0.494 e. The monoisotopic (exact) mass is 232 g/mol. The highest BCUT2D eigenvalue weighted by Crippen LogP contribution is 2.35. The molecule has 0 saturated carbocycles. The Hall–Kier alpha value is -0.800. The van der Waals surface area contributed by atoms with E-state index in [-0.39, 0.29) is 17.9 Å². The average molecular weight is 233 g/mol. The molecule has 1 N–H and O–H groups in total. The predicted octanol–water partition coefficient (Wildman–Crippen LogP) is 2.76. The van der Waals surface area contributed by atoms with Crippen LogP contribution in [0.3, 0.4) is 0 Å². The fourth-order valence-corrected chi connectivity index (χ4v) is 1.79. The Kier molecular flexibility index (Phi) is 3.58. The molecule has 0 aliphatic heterocycles. The highest BCUT2D eigenvalue weighted by molar-refractivity contribution is 6.31. The minimum atomic E-state index is -0.726. The lowest BCUT2D eigenvalue weighted by atomic mass is 9.85. The number of ether oxygens (including phenoxy) is 1. The molecule has 0 spiro atoms. The maximum absolute atomic E-state index is 13.9. The summed E-state index contributed by atoms with van der Waals surface area (Å²) < 4.78 is 18.8. The normalized spacial score (nSPS) is 11.6. The molecule has 0 atom stereocenters. The predicted molar refractivity (Wildman–Crippen MR) is 58.1 cm³/mol. The summed E-state index contributed by atoms with van der Waals surface area (Å²) in [5.74, 6) is -0.375. The van der Waals surface area contributed by atoms with Gasteiger partial charge in [-0.3, -0.25) is 0 Å². The smallest absolute Gasteiger partial charge is 0.170 e. The van der Waals surface area contributed by atoms with Gasteiger partial charge in [0.25, 0.3) is 0 Å². The number of halogens is 2. The van der Waals surface area contributed by atoms with Crippen LogP contribution in [0.25, 0.3) is 0 Å². The molecule has 1 rings (SSSR count). The van der Waals surface area contributed by atoms with Gasteiger partial charge in [-0.15, -0.1) is 0 Å². The van der Waals surface area contributed by atoms with E-state index in [2.05, 4.69) is 0 Å². The average Bonchev–Trinajstić information content (AvgIpc) is 2.18. The molecule has 4 heteroatoms. The van der Waals surface area contributed by atoms with E-state index in [0.717, 1.165) is 0 Å². The van der Waals surface area contributed by atoms with Crippen LogP contribution in [-0.2, 0) is 5.41 Å². The number of aliphatic hydroxyl groups excluding tert-OH is 1. The summed E-state index contributed by atoms with van der Waals surface area (Å²) in [5.41, 5.74) is -0.443. The first-order chi connectivity index (χ1) is 6.94. The molecule has 15 heavy (non-hydrogen) atoms. The van der Waals surface area contributed by atoms with E-state index in [1.807, 2.05) is 0 Å². The lowest BCUT2D eigenvalue weighted by Crippen LogP contribution is -2.24. The van der Waals surface area contributed by atoms with E-state index in [4.69, 9.17) is 16.3 Å². The van der Waals surface area contributed by atoms with Gasteiger partial charge in [-0.05, 0) is 12.1 Å². The molecule has 1 aromatic rings. The van der Waals surface area contributed by atoms with Crippen molar-refractivity contribution in [3.05, 3.63) is 28.5 Å². The van der Waals surface area contributed by atoms with E-state index in [0.29, 0.717) is 5.02 Å². The zero-order valence-electron chi connectivity index (χ0n) is 8.97. The fraction of sp³-hybridized carbons (Fsp3) is 0.455. The largest absolute Gasteiger partial charge is 0.494 e. The topological polar surface area (TPSA) is 29.5 Å². The number of benzene rings is 1. The summed E-state index contributed by atoms with van der Waals surface area (Å²) in [7, 11) is 1.39. The van der Waals surface area contributed by atoms with Gasteiger partial charge in [0, 0.05) is 16.0 Å². The van der Waals surface area contributed by atoms with Gasteiger partial charge in [0.1, 0.15) is 0 Å². The molecule has 2 nitrogen and oxygen atoms in total. The molecule has 0 heterocycles. The van der Waals surface area contributed by atoms with E-state index < -0.39 is 11.2 Å². The molecule has 84 valence electrons. The Labute approximate surface area is 93.6 Å². The summed E-state index contributed by atoms with van der Waals surface area (Å²) in [4.78, 5) is 0. The molecular formula is C11H14ClFO2. The quantitative estimate of drug-likeness (QED) is 0.869. The first-order valence-corrected chi connectivity index (χ1v) is 4.95. The Morgan fingerprint density at radius 3 is 2.53 bits per heavy atom. The Morgan fingerprint density at radius 1 is 1.47 bits per heavy atom. The van der Waals surface area contributed by atoms with E-state index in [1.165, 1.54) is 13.2 Å². The standard InChI is InChI=1S/C11H14ClFO2/c1-11(2,6-14)9-7(12)4-5-8(15-3)10(9)13/h4-5,14H,6H2,1-3H3. The summed E-state index contributed by atoms with van der Waals surface area (Å²) in [6.07, 6.45) is 0. The second kappa shape index (κ2) is 4.37. The van der Waals surface area contributed by atoms with Gasteiger partial charge in [-0.2, -0.15) is 0 Å². The maximum Gasteiger partial charge on any atom is 0.170 e. The Balaban J connectivity index is 3.39. The lowest BCUT2D eigenvalue weighted by Gasteiger charge is -2.24. The molecule has 0 aliphatic rings. The van der Waals surface area contributed by atoms with E-state index in [9.17, 15) is 9.50 Å². The van der Waals surface area contributed by atoms with Crippen molar-refractivity contribution in [2.75, 3.05) is 13.7 Å². The molecule has 0 fully saturated rings. The van der Waals surface area contributed by atoms with Gasteiger partial charge in [-0.25, -0.2) is 4.39 Å². The van der Waals surface area contributed by atoms with Crippen molar-refractivity contribution >= 4 is 11.6 Å². The third-order valence-electron chi connectivity index (χ3n) is 2.35. The van der Waals surface area contributed by atoms with Crippen LogP contribution in [0.4, 0.5) is 4.39 Å². The van der Waals surface area contributed by atoms with Gasteiger partial charge < -0.3 is 9.84 Å². The van der Waals surface area contributed by atoms with Crippen molar-refractivity contribution in [2.24, 2.45) is 0 Å². The van der Waals surface area contributed by atoms with Crippen LogP contribution < -0.4 is 4.74 Å². The van der Waals surface area contributed by atoms with Gasteiger partial charge >= 0.3 is 0 Å². The molecule has 0 aromatic heterocycles. The third-order valence-corrected chi connectivity index (χ3v) is 2.66. The van der Waals surface area contributed by atoms with Crippen molar-refractivity contribution in [3.8, 4) is 5.75 Å². The lowest BCUT2D eigenvalue weighted by molar-refractivity contribution is 0.214. The first kappa shape index (κ1) is 12.3. The van der Waals surface area contributed by atoms with Crippen molar-refractivity contribution < 1.29 is 14.2 Å². The molecule has 1 aromatic carbocycles. The number of aliphatic hydroxyl groups is 1. The van der Waals surface area contributed by atoms with Crippen molar-refractivity contribution in [2.45, 2.75) is 19.3 Å². The summed E-state index contributed by atoms with van der Waals surface area (Å²) >= 11 is 5.92. The molecule has 0 bridgehead atoms. The van der Waals surface area contributed by atoms with E-state index in [1.54, 1.807) is 19.9 Å². The summed E-state index contributed by atoms with van der Waals surface area (Å²) in [5, 5.41) is 9.49. The number of rotatable bonds is 3. The van der Waals surface area contributed by atoms with Crippen LogP contribution in [-0.4, -0.2) is 18.8 Å². The van der Waals surface area contributed by atoms with Gasteiger partial charge in [-0.1, -0.05) is 25.4 Å². The first-order valence-electron chi connectivity index (χ1n) is 4.57. The van der Waals surface area contributed by atoms with Gasteiger partial charge in [0.15, 0.2) is 11.6 Å². The minimum absolute atomic E-state index is 0.135. The SMILES string of the molecule is COc1ccc(Cl)c(C(C)(C)CO)c1F. The van der Waals surface area contributed by atoms with Crippen LogP contribution in [0.5, 0.6) is 5.75 Å². The third kappa shape index (κ3) is 2.24. The van der Waals surface area contributed by atoms with Crippen molar-refractivity contribution in [1.29, 1.82) is 0 Å². The number of methoxy groups -OCH3 is 1. The second-order valence-corrected chi connectivity index (χ2v) is 4.39. The summed E-state index contributed by atoms with van der Waals surface area (Å²) in [6.45, 7) is 3.25. The maximum atomic E-state index is 13.9. The highest BCUT2D eigenvalue weighted by Gasteiger charge is 2.28. The summed E-state index contributed by atoms with van der Waals surface area (Å²) in [6, 6.07) is 3.03. The second-order valence-electron chi connectivity index (χ2n) is 3.98. The molecule has 0 aliphatic carbocycles. The van der Waals surface area contributed by atoms with Crippen molar-refractivity contribution in [3.63, 3.8) is 0 Å². The highest BCUT2D eigenvalue weighted by atomic mass is 35.5. The molecule has 0 amide bonds. The number of hydrogen-bond donors (Lipinski definition) is 1. The molecule has 0 radical (unpaired) electrons. The number of hydrogen-bond acceptors (Lipinski definition) is 2. The molecular weight excluding hydrogens is 219 g/mol. The van der Waals surface area contributed by atoms with Crippen LogP contribution in [0.2, 0.25) is 5.02 Å². The van der Waals surface area contributed by atoms with Gasteiger partial charge in [0.2, 0.25) is 0 Å². The van der Waals surface area contributed by atoms with Crippen LogP contribution in [0.1, 0.15) is 19.4 Å².